The van der Waals surface area contributed by atoms with Crippen LogP contribution in [0.2, 0.25) is 0 Å². The number of aliphatic hydroxyl groups is 1. The highest BCUT2D eigenvalue weighted by Crippen LogP contribution is 2.29. The number of imidazole rings is 1. The highest BCUT2D eigenvalue weighted by molar-refractivity contribution is 5.83. The molecule has 3 aromatic rings. The molecule has 5 nitrogen and oxygen atoms in total. The van der Waals surface area contributed by atoms with Crippen LogP contribution in [0.5, 0.6) is 0 Å². The molecule has 0 amide bonds. The Morgan fingerprint density at radius 3 is 2.64 bits per heavy atom. The molecule has 22 heavy (non-hydrogen) atoms. The first-order chi connectivity index (χ1) is 10.4. The molecule has 114 valence electrons. The number of fused-ring (bicyclic) bond motifs is 1. The normalized spacial score (nSPS) is 12.8. The van der Waals surface area contributed by atoms with E-state index in [1.807, 2.05) is 20.0 Å². The average Bonchev–Trinajstić information content (AvgIpc) is 2.88. The average molecular weight is 298 g/mol. The number of benzene rings is 1. The van der Waals surface area contributed by atoms with Gasteiger partial charge in [0, 0.05) is 24.4 Å². The van der Waals surface area contributed by atoms with Crippen LogP contribution < -0.4 is 5.43 Å². The maximum absolute atomic E-state index is 12.7. The summed E-state index contributed by atoms with van der Waals surface area (Å²) in [5.41, 5.74) is 3.00. The van der Waals surface area contributed by atoms with Gasteiger partial charge in [0.05, 0.1) is 17.8 Å². The van der Waals surface area contributed by atoms with E-state index >= 15 is 0 Å². The molecule has 0 spiro atoms. The van der Waals surface area contributed by atoms with Crippen LogP contribution >= 0.6 is 0 Å². The SMILES string of the molecule is Cc1cc([C@H](C)O)c2oc(-c3cn(C)cn3)c(C)c(=O)c2c1. The zero-order valence-electron chi connectivity index (χ0n) is 13.0. The van der Waals surface area contributed by atoms with E-state index in [-0.39, 0.29) is 5.43 Å². The van der Waals surface area contributed by atoms with Crippen molar-refractivity contribution < 1.29 is 9.52 Å². The summed E-state index contributed by atoms with van der Waals surface area (Å²) in [5.74, 6) is 0.448. The van der Waals surface area contributed by atoms with E-state index in [1.165, 1.54) is 0 Å². The van der Waals surface area contributed by atoms with Gasteiger partial charge in [0.2, 0.25) is 0 Å². The van der Waals surface area contributed by atoms with Gasteiger partial charge in [-0.1, -0.05) is 0 Å². The van der Waals surface area contributed by atoms with Gasteiger partial charge in [0.15, 0.2) is 11.2 Å². The van der Waals surface area contributed by atoms with E-state index in [4.69, 9.17) is 4.42 Å². The lowest BCUT2D eigenvalue weighted by molar-refractivity contribution is 0.199. The summed E-state index contributed by atoms with van der Waals surface area (Å²) in [7, 11) is 1.86. The summed E-state index contributed by atoms with van der Waals surface area (Å²) >= 11 is 0. The van der Waals surface area contributed by atoms with Crippen LogP contribution in [0.25, 0.3) is 22.4 Å². The predicted octanol–water partition coefficient (Wildman–Crippen LogP) is 2.86. The van der Waals surface area contributed by atoms with Crippen molar-refractivity contribution in [3.05, 3.63) is 51.6 Å². The molecule has 0 radical (unpaired) electrons. The first kappa shape index (κ1) is 14.5. The van der Waals surface area contributed by atoms with Crippen molar-refractivity contribution in [3.8, 4) is 11.5 Å². The molecule has 1 N–H and O–H groups in total. The van der Waals surface area contributed by atoms with Crippen LogP contribution in [0.1, 0.15) is 29.7 Å². The maximum atomic E-state index is 12.7. The number of hydrogen-bond donors (Lipinski definition) is 1. The number of aliphatic hydroxyl groups excluding tert-OH is 1. The Bertz CT molecular complexity index is 920. The zero-order valence-corrected chi connectivity index (χ0v) is 13.0. The van der Waals surface area contributed by atoms with Crippen molar-refractivity contribution >= 4 is 11.0 Å². The summed E-state index contributed by atoms with van der Waals surface area (Å²) in [5, 5.41) is 10.5. The number of aromatic nitrogens is 2. The smallest absolute Gasteiger partial charge is 0.196 e. The second kappa shape index (κ2) is 5.10. The highest BCUT2D eigenvalue weighted by Gasteiger charge is 2.18. The second-order valence-corrected chi connectivity index (χ2v) is 5.72. The molecule has 0 aliphatic rings. The Morgan fingerprint density at radius 2 is 2.05 bits per heavy atom. The van der Waals surface area contributed by atoms with Crippen LogP contribution in [0, 0.1) is 13.8 Å². The highest BCUT2D eigenvalue weighted by atomic mass is 16.3. The van der Waals surface area contributed by atoms with E-state index in [9.17, 15) is 9.90 Å². The zero-order chi connectivity index (χ0) is 16.0. The van der Waals surface area contributed by atoms with Crippen LogP contribution in [-0.2, 0) is 7.05 Å². The molecular formula is C17H18N2O3. The van der Waals surface area contributed by atoms with Gasteiger partial charge < -0.3 is 14.1 Å². The number of rotatable bonds is 2. The first-order valence-electron chi connectivity index (χ1n) is 7.13. The Morgan fingerprint density at radius 1 is 1.32 bits per heavy atom. The standard InChI is InChI=1S/C17H18N2O3/c1-9-5-12(11(3)20)17-13(6-9)15(21)10(2)16(22-17)14-7-19(4)8-18-14/h5-8,11,20H,1-4H3/t11-/m0/s1. The third-order valence-electron chi connectivity index (χ3n) is 3.78. The molecule has 2 aromatic heterocycles. The van der Waals surface area contributed by atoms with Gasteiger partial charge in [0.1, 0.15) is 11.3 Å². The molecule has 0 bridgehead atoms. The van der Waals surface area contributed by atoms with Crippen molar-refractivity contribution in [3.63, 3.8) is 0 Å². The molecule has 1 atom stereocenters. The van der Waals surface area contributed by atoms with Crippen LogP contribution in [0.3, 0.4) is 0 Å². The van der Waals surface area contributed by atoms with E-state index in [2.05, 4.69) is 4.98 Å². The molecule has 0 aliphatic carbocycles. The minimum Gasteiger partial charge on any atom is -0.453 e. The third-order valence-corrected chi connectivity index (χ3v) is 3.78. The molecule has 0 saturated heterocycles. The Kier molecular flexibility index (Phi) is 3.37. The van der Waals surface area contributed by atoms with Crippen molar-refractivity contribution in [1.29, 1.82) is 0 Å². The van der Waals surface area contributed by atoms with Gasteiger partial charge in [-0.3, -0.25) is 4.79 Å². The monoisotopic (exact) mass is 298 g/mol. The van der Waals surface area contributed by atoms with Gasteiger partial charge in [-0.05, 0) is 38.5 Å². The van der Waals surface area contributed by atoms with Gasteiger partial charge in [0.25, 0.3) is 0 Å². The summed E-state index contributed by atoms with van der Waals surface area (Å²) in [6.07, 6.45) is 2.74. The van der Waals surface area contributed by atoms with Crippen molar-refractivity contribution in [2.45, 2.75) is 26.9 Å². The van der Waals surface area contributed by atoms with Crippen molar-refractivity contribution in [1.82, 2.24) is 9.55 Å². The van der Waals surface area contributed by atoms with Gasteiger partial charge in [-0.15, -0.1) is 0 Å². The van der Waals surface area contributed by atoms with E-state index < -0.39 is 6.10 Å². The summed E-state index contributed by atoms with van der Waals surface area (Å²) in [6, 6.07) is 3.63. The molecule has 3 rings (SSSR count). The second-order valence-electron chi connectivity index (χ2n) is 5.72. The summed E-state index contributed by atoms with van der Waals surface area (Å²) in [4.78, 5) is 16.9. The van der Waals surface area contributed by atoms with Gasteiger partial charge in [-0.2, -0.15) is 0 Å². The topological polar surface area (TPSA) is 68.3 Å². The minimum absolute atomic E-state index is 0.0903. The van der Waals surface area contributed by atoms with Crippen LogP contribution in [-0.4, -0.2) is 14.7 Å². The fourth-order valence-corrected chi connectivity index (χ4v) is 2.65. The lowest BCUT2D eigenvalue weighted by Crippen LogP contribution is -2.09. The Balaban J connectivity index is 2.42. The minimum atomic E-state index is -0.718. The first-order valence-corrected chi connectivity index (χ1v) is 7.13. The summed E-state index contributed by atoms with van der Waals surface area (Å²) in [6.45, 7) is 5.29. The number of hydrogen-bond acceptors (Lipinski definition) is 4. The van der Waals surface area contributed by atoms with Crippen LogP contribution in [0.15, 0.2) is 33.9 Å². The number of nitrogens with zero attached hydrogens (tertiary/aromatic N) is 2. The molecule has 0 saturated carbocycles. The van der Waals surface area contributed by atoms with Gasteiger partial charge >= 0.3 is 0 Å². The van der Waals surface area contributed by atoms with Crippen LogP contribution in [0.4, 0.5) is 0 Å². The largest absolute Gasteiger partial charge is 0.453 e. The van der Waals surface area contributed by atoms with Crippen molar-refractivity contribution in [2.24, 2.45) is 7.05 Å². The Hall–Kier alpha value is -2.40. The molecule has 0 unspecified atom stereocenters. The molecule has 5 heteroatoms. The molecule has 2 heterocycles. The molecule has 0 fully saturated rings. The van der Waals surface area contributed by atoms with E-state index in [0.29, 0.717) is 33.6 Å². The fourth-order valence-electron chi connectivity index (χ4n) is 2.65. The van der Waals surface area contributed by atoms with E-state index in [1.54, 1.807) is 37.0 Å². The quantitative estimate of drug-likeness (QED) is 0.790. The summed E-state index contributed by atoms with van der Waals surface area (Å²) < 4.78 is 7.78. The lowest BCUT2D eigenvalue weighted by Gasteiger charge is -2.12. The van der Waals surface area contributed by atoms with Crippen molar-refractivity contribution in [2.75, 3.05) is 0 Å². The maximum Gasteiger partial charge on any atom is 0.196 e. The molecular weight excluding hydrogens is 280 g/mol. The lowest BCUT2D eigenvalue weighted by atomic mass is 10.0. The Labute approximate surface area is 127 Å². The molecule has 0 aliphatic heterocycles. The van der Waals surface area contributed by atoms with E-state index in [0.717, 1.165) is 5.56 Å². The number of aryl methyl sites for hydroxylation is 2. The fraction of sp³-hybridized carbons (Fsp3) is 0.294. The van der Waals surface area contributed by atoms with Gasteiger partial charge in [-0.25, -0.2) is 4.98 Å². The predicted molar refractivity (Wildman–Crippen MR) is 84.8 cm³/mol. The molecule has 1 aromatic carbocycles. The third kappa shape index (κ3) is 2.23.